The molecule has 142 valence electrons. The van der Waals surface area contributed by atoms with Crippen molar-refractivity contribution in [1.82, 2.24) is 0 Å². The van der Waals surface area contributed by atoms with E-state index >= 15 is 0 Å². The number of hydrogen-bond acceptors (Lipinski definition) is 4. The van der Waals surface area contributed by atoms with E-state index in [9.17, 15) is 22.3 Å². The number of nitriles is 1. The van der Waals surface area contributed by atoms with Crippen LogP contribution in [0.5, 0.6) is 0 Å². The first-order chi connectivity index (χ1) is 12.0. The summed E-state index contributed by atoms with van der Waals surface area (Å²) in [5, 5.41) is 8.99. The highest BCUT2D eigenvalue weighted by atomic mass is 32.3. The molecule has 2 N–H and O–H groups in total. The van der Waals surface area contributed by atoms with Crippen molar-refractivity contribution in [2.24, 2.45) is 17.8 Å². The standard InChI is InChI=1S/C18H21F3N2O2S/c1-10-16-11-3-5-13(7-11)17(16,2)26(24,25)23(10)14-6-4-12(9-22)15(8-14)18(19,20)21/h4,6,8,10-11,13,16,24-25H,3,5,7H2,1-2H3/t10-,11+,13-,16+,17-/m1/s1. The van der Waals surface area contributed by atoms with E-state index in [2.05, 4.69) is 0 Å². The fraction of sp³-hybridized carbons (Fsp3) is 0.611. The second-order valence-electron chi connectivity index (χ2n) is 7.90. The van der Waals surface area contributed by atoms with Gasteiger partial charge in [0.25, 0.3) is 0 Å². The van der Waals surface area contributed by atoms with Crippen LogP contribution < -0.4 is 4.31 Å². The fourth-order valence-corrected chi connectivity index (χ4v) is 8.70. The molecule has 0 aromatic heterocycles. The Hall–Kier alpha value is -1.43. The minimum absolute atomic E-state index is 0.0521. The van der Waals surface area contributed by atoms with Gasteiger partial charge in [0, 0.05) is 5.92 Å². The number of alkyl halides is 3. The van der Waals surface area contributed by atoms with E-state index < -0.39 is 32.8 Å². The van der Waals surface area contributed by atoms with Crippen molar-refractivity contribution in [1.29, 1.82) is 5.26 Å². The maximum atomic E-state index is 13.3. The molecule has 2 aliphatic carbocycles. The predicted molar refractivity (Wildman–Crippen MR) is 93.7 cm³/mol. The van der Waals surface area contributed by atoms with Crippen LogP contribution in [0.25, 0.3) is 0 Å². The van der Waals surface area contributed by atoms with Crippen molar-refractivity contribution < 1.29 is 22.3 Å². The monoisotopic (exact) mass is 386 g/mol. The van der Waals surface area contributed by atoms with Crippen LogP contribution >= 0.6 is 10.8 Å². The largest absolute Gasteiger partial charge is 0.417 e. The van der Waals surface area contributed by atoms with Crippen molar-refractivity contribution in [2.45, 2.75) is 50.1 Å². The molecule has 5 atom stereocenters. The second kappa shape index (κ2) is 5.31. The maximum absolute atomic E-state index is 13.3. The lowest BCUT2D eigenvalue weighted by molar-refractivity contribution is -0.137. The van der Waals surface area contributed by atoms with Gasteiger partial charge in [-0.15, -0.1) is 10.8 Å². The van der Waals surface area contributed by atoms with Gasteiger partial charge in [0.1, 0.15) is 0 Å². The maximum Gasteiger partial charge on any atom is 0.417 e. The molecule has 1 heterocycles. The summed E-state index contributed by atoms with van der Waals surface area (Å²) in [5.41, 5.74) is -1.38. The van der Waals surface area contributed by atoms with Crippen molar-refractivity contribution in [3.8, 4) is 6.07 Å². The molecule has 2 saturated carbocycles. The predicted octanol–water partition coefficient (Wildman–Crippen LogP) is 5.26. The van der Waals surface area contributed by atoms with Crippen molar-refractivity contribution in [2.75, 3.05) is 4.31 Å². The molecule has 3 aliphatic rings. The number of halogens is 3. The van der Waals surface area contributed by atoms with E-state index in [1.54, 1.807) is 6.07 Å². The molecule has 0 spiro atoms. The van der Waals surface area contributed by atoms with Gasteiger partial charge in [0.2, 0.25) is 0 Å². The summed E-state index contributed by atoms with van der Waals surface area (Å²) in [6.07, 6.45) is -1.73. The van der Waals surface area contributed by atoms with Crippen molar-refractivity contribution >= 4 is 16.5 Å². The van der Waals surface area contributed by atoms with Gasteiger partial charge in [-0.2, -0.15) is 18.4 Å². The van der Waals surface area contributed by atoms with E-state index in [1.807, 2.05) is 13.8 Å². The van der Waals surface area contributed by atoms with Crippen LogP contribution in [0.15, 0.2) is 18.2 Å². The molecule has 4 rings (SSSR count). The van der Waals surface area contributed by atoms with Crippen LogP contribution in [-0.4, -0.2) is 19.9 Å². The zero-order chi connectivity index (χ0) is 19.1. The summed E-state index contributed by atoms with van der Waals surface area (Å²) in [7, 11) is -3.30. The number of benzene rings is 1. The highest BCUT2D eigenvalue weighted by molar-refractivity contribution is 8.26. The van der Waals surface area contributed by atoms with Gasteiger partial charge < -0.3 is 0 Å². The Morgan fingerprint density at radius 2 is 2.00 bits per heavy atom. The van der Waals surface area contributed by atoms with Gasteiger partial charge in [-0.05, 0) is 63.1 Å². The van der Waals surface area contributed by atoms with Gasteiger partial charge in [-0.25, -0.2) is 0 Å². The van der Waals surface area contributed by atoms with Crippen molar-refractivity contribution in [3.63, 3.8) is 0 Å². The molecule has 2 bridgehead atoms. The zero-order valence-electron chi connectivity index (χ0n) is 14.5. The number of rotatable bonds is 1. The highest BCUT2D eigenvalue weighted by Gasteiger charge is 2.70. The summed E-state index contributed by atoms with van der Waals surface area (Å²) >= 11 is 0. The van der Waals surface area contributed by atoms with Gasteiger partial charge in [-0.3, -0.25) is 13.4 Å². The first-order valence-corrected chi connectivity index (χ1v) is 10.2. The van der Waals surface area contributed by atoms with E-state index in [-0.39, 0.29) is 23.6 Å². The quantitative estimate of drug-likeness (QED) is 0.691. The lowest BCUT2D eigenvalue weighted by atomic mass is 9.76. The van der Waals surface area contributed by atoms with E-state index in [0.29, 0.717) is 5.92 Å². The Bertz CT molecular complexity index is 807. The fourth-order valence-electron chi connectivity index (χ4n) is 5.86. The minimum atomic E-state index is -4.67. The third kappa shape index (κ3) is 2.05. The van der Waals surface area contributed by atoms with Gasteiger partial charge >= 0.3 is 6.18 Å². The number of anilines is 1. The average Bonchev–Trinajstić information content (AvgIpc) is 3.17. The normalized spacial score (nSPS) is 38.9. The molecule has 0 radical (unpaired) electrons. The summed E-state index contributed by atoms with van der Waals surface area (Å²) in [5.74, 6) is 0.628. The van der Waals surface area contributed by atoms with Crippen LogP contribution in [0.3, 0.4) is 0 Å². The molecule has 0 amide bonds. The Balaban J connectivity index is 1.83. The molecule has 26 heavy (non-hydrogen) atoms. The lowest BCUT2D eigenvalue weighted by Gasteiger charge is -2.51. The molecule has 1 aromatic carbocycles. The molecule has 3 fully saturated rings. The second-order valence-corrected chi connectivity index (χ2v) is 10.2. The Morgan fingerprint density at radius 1 is 1.31 bits per heavy atom. The number of nitrogens with zero attached hydrogens (tertiary/aromatic N) is 2. The van der Waals surface area contributed by atoms with Crippen LogP contribution in [0.1, 0.15) is 44.2 Å². The van der Waals surface area contributed by atoms with Crippen LogP contribution in [0.4, 0.5) is 18.9 Å². The van der Waals surface area contributed by atoms with E-state index in [1.165, 1.54) is 10.4 Å². The SMILES string of the molecule is C[C@@H]1[C@H]2[C@H]3CC[C@H](C3)[C@@]2(C)S(O)(O)N1c1ccc(C#N)c(C(F)(F)F)c1. The molecule has 1 aromatic rings. The van der Waals surface area contributed by atoms with Gasteiger partial charge in [-0.1, -0.05) is 0 Å². The molecule has 4 nitrogen and oxygen atoms in total. The molecule has 0 unspecified atom stereocenters. The van der Waals surface area contributed by atoms with E-state index in [4.69, 9.17) is 5.26 Å². The lowest BCUT2D eigenvalue weighted by Crippen LogP contribution is -2.41. The summed E-state index contributed by atoms with van der Waals surface area (Å²) in [6.45, 7) is 3.76. The molecule has 1 aliphatic heterocycles. The third-order valence-electron chi connectivity index (χ3n) is 6.89. The zero-order valence-corrected chi connectivity index (χ0v) is 15.3. The van der Waals surface area contributed by atoms with Crippen LogP contribution in [0, 0.1) is 29.1 Å². The Kier molecular flexibility index (Phi) is 3.66. The summed E-state index contributed by atoms with van der Waals surface area (Å²) < 4.78 is 63.1. The highest BCUT2D eigenvalue weighted by Crippen LogP contribution is 2.77. The van der Waals surface area contributed by atoms with Crippen LogP contribution in [-0.2, 0) is 6.18 Å². The van der Waals surface area contributed by atoms with Crippen molar-refractivity contribution in [3.05, 3.63) is 29.3 Å². The average molecular weight is 386 g/mol. The molecular weight excluding hydrogens is 365 g/mol. The smallest absolute Gasteiger partial charge is 0.281 e. The Morgan fingerprint density at radius 3 is 2.58 bits per heavy atom. The van der Waals surface area contributed by atoms with Gasteiger partial charge in [0.05, 0.1) is 33.7 Å². The Labute approximate surface area is 152 Å². The molecule has 1 saturated heterocycles. The summed E-state index contributed by atoms with van der Waals surface area (Å²) in [4.78, 5) is 0. The number of fused-ring (bicyclic) bond motifs is 5. The first kappa shape index (κ1) is 18.0. The number of hydrogen-bond donors (Lipinski definition) is 2. The molecular formula is C18H21F3N2O2S. The van der Waals surface area contributed by atoms with E-state index in [0.717, 1.165) is 31.4 Å². The molecule has 8 heteroatoms. The van der Waals surface area contributed by atoms with Crippen LogP contribution in [0.2, 0.25) is 0 Å². The topological polar surface area (TPSA) is 67.5 Å². The third-order valence-corrected chi connectivity index (χ3v) is 9.77. The summed E-state index contributed by atoms with van der Waals surface area (Å²) in [6, 6.07) is 4.69. The van der Waals surface area contributed by atoms with Gasteiger partial charge in [0.15, 0.2) is 0 Å². The first-order valence-electron chi connectivity index (χ1n) is 8.72. The minimum Gasteiger partial charge on any atom is -0.281 e.